The Morgan fingerprint density at radius 3 is 2.50 bits per heavy atom. The normalized spacial score (nSPS) is 34.9. The molecule has 2 rings (SSSR count). The first-order valence-electron chi connectivity index (χ1n) is 6.49. The third-order valence-electron chi connectivity index (χ3n) is 3.24. The largest absolute Gasteiger partial charge is 0.377 e. The average Bonchev–Trinajstić information content (AvgIpc) is 2.78. The van der Waals surface area contributed by atoms with Gasteiger partial charge in [0.2, 0.25) is 0 Å². The Hall–Kier alpha value is -0.210. The van der Waals surface area contributed by atoms with Crippen LogP contribution in [0.1, 0.15) is 26.7 Å². The Morgan fingerprint density at radius 1 is 1.28 bits per heavy atom. The molecule has 0 saturated carbocycles. The number of ether oxygens (including phenoxy) is 2. The topological polar surface area (TPSA) is 67.9 Å². The molecule has 0 aromatic rings. The predicted octanol–water partition coefficient (Wildman–Crippen LogP) is 0.109. The van der Waals surface area contributed by atoms with E-state index in [0.29, 0.717) is 19.6 Å². The molecule has 2 aliphatic heterocycles. The fourth-order valence-electron chi connectivity index (χ4n) is 2.42. The summed E-state index contributed by atoms with van der Waals surface area (Å²) < 4.78 is 39.3. The first-order chi connectivity index (χ1) is 8.47. The van der Waals surface area contributed by atoms with Crippen LogP contribution >= 0.6 is 0 Å². The summed E-state index contributed by atoms with van der Waals surface area (Å²) in [7, 11) is -3.41. The molecule has 0 radical (unpaired) electrons. The zero-order valence-electron chi connectivity index (χ0n) is 11.0. The highest BCUT2D eigenvalue weighted by atomic mass is 32.2. The van der Waals surface area contributed by atoms with Crippen molar-refractivity contribution in [2.75, 3.05) is 26.2 Å². The van der Waals surface area contributed by atoms with Gasteiger partial charge in [0.05, 0.1) is 18.3 Å². The first-order valence-corrected chi connectivity index (χ1v) is 7.93. The summed E-state index contributed by atoms with van der Waals surface area (Å²) in [5, 5.41) is 0. The number of hydrogen-bond acceptors (Lipinski definition) is 4. The molecule has 0 aromatic carbocycles. The molecular formula is C11H22N2O4S. The minimum Gasteiger partial charge on any atom is -0.377 e. The van der Waals surface area contributed by atoms with Crippen molar-refractivity contribution in [2.45, 2.75) is 45.0 Å². The summed E-state index contributed by atoms with van der Waals surface area (Å²) >= 11 is 0. The minimum absolute atomic E-state index is 0.0238. The lowest BCUT2D eigenvalue weighted by molar-refractivity contribution is -0.0444. The van der Waals surface area contributed by atoms with Crippen LogP contribution in [0.15, 0.2) is 0 Å². The summed E-state index contributed by atoms with van der Waals surface area (Å²) in [4.78, 5) is 0. The van der Waals surface area contributed by atoms with Gasteiger partial charge in [0.25, 0.3) is 10.2 Å². The number of nitrogens with zero attached hydrogens (tertiary/aromatic N) is 1. The van der Waals surface area contributed by atoms with E-state index >= 15 is 0 Å². The lowest BCUT2D eigenvalue weighted by Gasteiger charge is -2.34. The van der Waals surface area contributed by atoms with E-state index in [0.717, 1.165) is 19.4 Å². The van der Waals surface area contributed by atoms with Crippen molar-refractivity contribution in [1.29, 1.82) is 0 Å². The van der Waals surface area contributed by atoms with E-state index in [2.05, 4.69) is 4.72 Å². The van der Waals surface area contributed by atoms with E-state index in [1.54, 1.807) is 0 Å². The molecule has 6 nitrogen and oxygen atoms in total. The van der Waals surface area contributed by atoms with E-state index in [1.165, 1.54) is 4.31 Å². The van der Waals surface area contributed by atoms with E-state index in [9.17, 15) is 8.42 Å². The SMILES string of the molecule is C[C@@H]1CN(S(=O)(=O)NC[C@@H]2CCCO2)C[C@H](C)O1. The molecular weight excluding hydrogens is 256 g/mol. The molecule has 0 aromatic heterocycles. The van der Waals surface area contributed by atoms with Gasteiger partial charge in [0.15, 0.2) is 0 Å². The quantitative estimate of drug-likeness (QED) is 0.792. The first kappa shape index (κ1) is 14.2. The van der Waals surface area contributed by atoms with Crippen molar-refractivity contribution in [3.63, 3.8) is 0 Å². The maximum Gasteiger partial charge on any atom is 0.279 e. The Labute approximate surface area is 109 Å². The molecule has 2 heterocycles. The Bertz CT molecular complexity index is 357. The van der Waals surface area contributed by atoms with Gasteiger partial charge >= 0.3 is 0 Å². The Kier molecular flexibility index (Phi) is 4.60. The van der Waals surface area contributed by atoms with Gasteiger partial charge in [-0.3, -0.25) is 0 Å². The van der Waals surface area contributed by atoms with E-state index in [4.69, 9.17) is 9.47 Å². The highest BCUT2D eigenvalue weighted by molar-refractivity contribution is 7.87. The van der Waals surface area contributed by atoms with Gasteiger partial charge < -0.3 is 9.47 Å². The molecule has 0 amide bonds. The summed E-state index contributed by atoms with van der Waals surface area (Å²) in [6.45, 7) is 5.69. The van der Waals surface area contributed by atoms with Gasteiger partial charge in [-0.05, 0) is 26.7 Å². The van der Waals surface area contributed by atoms with Crippen LogP contribution in [-0.2, 0) is 19.7 Å². The Morgan fingerprint density at radius 2 is 1.94 bits per heavy atom. The molecule has 2 fully saturated rings. The van der Waals surface area contributed by atoms with E-state index in [1.807, 2.05) is 13.8 Å². The second kappa shape index (κ2) is 5.83. The predicted molar refractivity (Wildman–Crippen MR) is 67.5 cm³/mol. The van der Waals surface area contributed by atoms with Gasteiger partial charge in [-0.25, -0.2) is 0 Å². The summed E-state index contributed by atoms with van der Waals surface area (Å²) in [6, 6.07) is 0. The van der Waals surface area contributed by atoms with Gasteiger partial charge in [-0.1, -0.05) is 0 Å². The molecule has 0 spiro atoms. The number of hydrogen-bond donors (Lipinski definition) is 1. The molecule has 0 bridgehead atoms. The highest BCUT2D eigenvalue weighted by Gasteiger charge is 2.31. The van der Waals surface area contributed by atoms with Crippen LogP contribution in [0.25, 0.3) is 0 Å². The number of rotatable bonds is 4. The van der Waals surface area contributed by atoms with Crippen molar-refractivity contribution in [1.82, 2.24) is 9.03 Å². The van der Waals surface area contributed by atoms with Gasteiger partial charge in [-0.15, -0.1) is 0 Å². The molecule has 2 saturated heterocycles. The van der Waals surface area contributed by atoms with Crippen molar-refractivity contribution in [3.8, 4) is 0 Å². The highest BCUT2D eigenvalue weighted by Crippen LogP contribution is 2.15. The van der Waals surface area contributed by atoms with Gasteiger partial charge in [-0.2, -0.15) is 17.4 Å². The third-order valence-corrected chi connectivity index (χ3v) is 4.75. The van der Waals surface area contributed by atoms with E-state index in [-0.39, 0.29) is 18.3 Å². The van der Waals surface area contributed by atoms with Gasteiger partial charge in [0, 0.05) is 26.2 Å². The smallest absolute Gasteiger partial charge is 0.279 e. The van der Waals surface area contributed by atoms with Crippen LogP contribution in [-0.4, -0.2) is 57.3 Å². The molecule has 1 N–H and O–H groups in total. The fourth-order valence-corrected chi connectivity index (χ4v) is 3.81. The molecule has 0 unspecified atom stereocenters. The molecule has 106 valence electrons. The monoisotopic (exact) mass is 278 g/mol. The van der Waals surface area contributed by atoms with Crippen LogP contribution in [0, 0.1) is 0 Å². The lowest BCUT2D eigenvalue weighted by Crippen LogP contribution is -2.52. The average molecular weight is 278 g/mol. The Balaban J connectivity index is 1.88. The van der Waals surface area contributed by atoms with Crippen molar-refractivity contribution in [2.24, 2.45) is 0 Å². The van der Waals surface area contributed by atoms with Crippen LogP contribution < -0.4 is 4.72 Å². The minimum atomic E-state index is -3.41. The molecule has 7 heteroatoms. The van der Waals surface area contributed by atoms with Gasteiger partial charge in [0.1, 0.15) is 0 Å². The maximum atomic E-state index is 12.1. The van der Waals surface area contributed by atoms with Crippen LogP contribution in [0.3, 0.4) is 0 Å². The number of morpholine rings is 1. The van der Waals surface area contributed by atoms with Crippen LogP contribution in [0.2, 0.25) is 0 Å². The summed E-state index contributed by atoms with van der Waals surface area (Å²) in [5.41, 5.74) is 0. The van der Waals surface area contributed by atoms with E-state index < -0.39 is 10.2 Å². The molecule has 3 atom stereocenters. The van der Waals surface area contributed by atoms with Crippen molar-refractivity contribution >= 4 is 10.2 Å². The second-order valence-electron chi connectivity index (χ2n) is 5.06. The molecule has 18 heavy (non-hydrogen) atoms. The van der Waals surface area contributed by atoms with Crippen LogP contribution in [0.5, 0.6) is 0 Å². The summed E-state index contributed by atoms with van der Waals surface area (Å²) in [6.07, 6.45) is 1.84. The molecule has 2 aliphatic rings. The van der Waals surface area contributed by atoms with Crippen molar-refractivity contribution < 1.29 is 17.9 Å². The summed E-state index contributed by atoms with van der Waals surface area (Å²) in [5.74, 6) is 0. The van der Waals surface area contributed by atoms with Crippen LogP contribution in [0.4, 0.5) is 0 Å². The number of nitrogens with one attached hydrogen (secondary N) is 1. The zero-order valence-corrected chi connectivity index (χ0v) is 11.8. The maximum absolute atomic E-state index is 12.1. The second-order valence-corrected chi connectivity index (χ2v) is 6.82. The lowest BCUT2D eigenvalue weighted by atomic mass is 10.2. The zero-order chi connectivity index (χ0) is 13.2. The fraction of sp³-hybridized carbons (Fsp3) is 1.00. The standard InChI is InChI=1S/C11H22N2O4S/c1-9-7-13(8-10(2)17-9)18(14,15)12-6-11-4-3-5-16-11/h9-12H,3-8H2,1-2H3/t9-,10+,11-/m0/s1. The third kappa shape index (κ3) is 3.64. The van der Waals surface area contributed by atoms with Crippen molar-refractivity contribution in [3.05, 3.63) is 0 Å². The molecule has 0 aliphatic carbocycles.